The molecule has 1 heterocycles. The van der Waals surface area contributed by atoms with Gasteiger partial charge in [-0.15, -0.1) is 0 Å². The first kappa shape index (κ1) is 20.2. The van der Waals surface area contributed by atoms with Crippen LogP contribution in [-0.4, -0.2) is 54.3 Å². The third-order valence-corrected chi connectivity index (χ3v) is 5.13. The fourth-order valence-corrected chi connectivity index (χ4v) is 2.54. The third-order valence-electron chi connectivity index (χ3n) is 5.13. The van der Waals surface area contributed by atoms with Gasteiger partial charge in [-0.05, 0) is 71.7 Å². The Morgan fingerprint density at radius 2 is 1.57 bits per heavy atom. The summed E-state index contributed by atoms with van der Waals surface area (Å²) in [5.74, 6) is 0.742. The summed E-state index contributed by atoms with van der Waals surface area (Å²) in [4.78, 5) is 2.40. The van der Waals surface area contributed by atoms with Gasteiger partial charge in [0.2, 0.25) is 0 Å². The number of likely N-dealkylation sites (tertiary alicyclic amines) is 1. The van der Waals surface area contributed by atoms with E-state index in [2.05, 4.69) is 24.1 Å². The number of aliphatic hydroxyl groups is 2. The van der Waals surface area contributed by atoms with E-state index in [1.807, 2.05) is 19.1 Å². The Bertz CT molecular complexity index is 457. The Labute approximate surface area is 143 Å². The molecular weight excluding hydrogens is 285 g/mol. The lowest BCUT2D eigenvalue weighted by Gasteiger charge is -2.34. The van der Waals surface area contributed by atoms with E-state index in [0.717, 1.165) is 11.4 Å². The molecule has 0 amide bonds. The van der Waals surface area contributed by atoms with Crippen LogP contribution in [0.5, 0.6) is 0 Å². The van der Waals surface area contributed by atoms with E-state index in [1.54, 1.807) is 20.8 Å². The van der Waals surface area contributed by atoms with E-state index >= 15 is 0 Å². The molecule has 1 aromatic rings. The molecule has 1 aliphatic heterocycles. The maximum Gasteiger partial charge on any atom is 0.113 e. The minimum Gasteiger partial charge on any atom is -0.387 e. The summed E-state index contributed by atoms with van der Waals surface area (Å²) in [7, 11) is 7.86. The number of hydrogen-bond acceptors (Lipinski definition) is 3. The third kappa shape index (κ3) is 6.29. The Balaban J connectivity index is 0.000000257. The monoisotopic (exact) mass is 317 g/mol. The Hall–Kier alpha value is -0.835. The van der Waals surface area contributed by atoms with Crippen molar-refractivity contribution in [2.24, 2.45) is 0 Å². The van der Waals surface area contributed by atoms with Gasteiger partial charge in [-0.3, -0.25) is 0 Å². The largest absolute Gasteiger partial charge is 0.387 e. The zero-order chi connectivity index (χ0) is 17.7. The molecule has 4 heteroatoms. The average molecular weight is 317 g/mol. The topological polar surface area (TPSA) is 43.7 Å². The standard InChI is InChI=1S/C12H16BN.C7H16O2/c1-14-8-6-11(7-9-14)10-2-4-12(13)5-3-10;1-5-7(4,9)6(2,3)8/h2-5,11H,6-9H2,1H3;8-9H,5H2,1-4H3. The molecule has 0 saturated carbocycles. The molecule has 1 aromatic carbocycles. The van der Waals surface area contributed by atoms with Gasteiger partial charge < -0.3 is 15.1 Å². The van der Waals surface area contributed by atoms with Crippen LogP contribution >= 0.6 is 0 Å². The van der Waals surface area contributed by atoms with Crippen LogP contribution in [0.15, 0.2) is 24.3 Å². The van der Waals surface area contributed by atoms with Gasteiger partial charge in [0.05, 0.1) is 11.2 Å². The van der Waals surface area contributed by atoms with Crippen molar-refractivity contribution in [2.45, 2.75) is 64.1 Å². The molecule has 1 saturated heterocycles. The van der Waals surface area contributed by atoms with Gasteiger partial charge in [0.1, 0.15) is 7.85 Å². The van der Waals surface area contributed by atoms with Crippen molar-refractivity contribution in [3.8, 4) is 0 Å². The predicted molar refractivity (Wildman–Crippen MR) is 98.5 cm³/mol. The molecule has 128 valence electrons. The highest BCUT2D eigenvalue weighted by molar-refractivity contribution is 6.32. The fraction of sp³-hybridized carbons (Fsp3) is 0.684. The molecule has 1 unspecified atom stereocenters. The fourth-order valence-electron chi connectivity index (χ4n) is 2.54. The summed E-state index contributed by atoms with van der Waals surface area (Å²) >= 11 is 0. The minimum absolute atomic E-state index is 0.566. The summed E-state index contributed by atoms with van der Waals surface area (Å²) in [5.41, 5.74) is 0.350. The SMILES string of the molecule is CCC(C)(O)C(C)(C)O.[B]c1ccc(C2CCN(C)CC2)cc1. The first-order valence-electron chi connectivity index (χ1n) is 8.55. The van der Waals surface area contributed by atoms with Crippen LogP contribution in [0.3, 0.4) is 0 Å². The minimum atomic E-state index is -0.998. The van der Waals surface area contributed by atoms with Crippen molar-refractivity contribution < 1.29 is 10.2 Å². The molecule has 23 heavy (non-hydrogen) atoms. The Morgan fingerprint density at radius 1 is 1.09 bits per heavy atom. The number of hydrogen-bond donors (Lipinski definition) is 2. The second-order valence-electron chi connectivity index (χ2n) is 7.43. The average Bonchev–Trinajstić information content (AvgIpc) is 2.48. The van der Waals surface area contributed by atoms with Crippen molar-refractivity contribution in [1.29, 1.82) is 0 Å². The number of benzene rings is 1. The van der Waals surface area contributed by atoms with Gasteiger partial charge in [-0.25, -0.2) is 0 Å². The van der Waals surface area contributed by atoms with Crippen LogP contribution in [0.25, 0.3) is 0 Å². The normalized spacial score (nSPS) is 19.6. The molecule has 0 spiro atoms. The van der Waals surface area contributed by atoms with E-state index < -0.39 is 11.2 Å². The van der Waals surface area contributed by atoms with Gasteiger partial charge in [-0.1, -0.05) is 36.7 Å². The van der Waals surface area contributed by atoms with Gasteiger partial charge in [-0.2, -0.15) is 0 Å². The molecule has 1 aliphatic rings. The zero-order valence-corrected chi connectivity index (χ0v) is 15.3. The Kier molecular flexibility index (Phi) is 7.31. The van der Waals surface area contributed by atoms with Crippen molar-refractivity contribution in [3.63, 3.8) is 0 Å². The van der Waals surface area contributed by atoms with Crippen molar-refractivity contribution in [2.75, 3.05) is 20.1 Å². The van der Waals surface area contributed by atoms with Gasteiger partial charge in [0, 0.05) is 0 Å². The molecule has 1 fully saturated rings. The summed E-state index contributed by atoms with van der Waals surface area (Å²) in [6.07, 6.45) is 3.12. The van der Waals surface area contributed by atoms with Gasteiger partial charge in [0.15, 0.2) is 0 Å². The number of rotatable bonds is 3. The summed E-state index contributed by atoms with van der Waals surface area (Å²) in [5, 5.41) is 18.7. The maximum atomic E-state index is 9.41. The van der Waals surface area contributed by atoms with Crippen LogP contribution in [0.2, 0.25) is 0 Å². The lowest BCUT2D eigenvalue weighted by Crippen LogP contribution is -2.46. The van der Waals surface area contributed by atoms with E-state index in [-0.39, 0.29) is 0 Å². The molecule has 0 bridgehead atoms. The van der Waals surface area contributed by atoms with E-state index in [1.165, 1.54) is 31.5 Å². The smallest absolute Gasteiger partial charge is 0.113 e. The predicted octanol–water partition coefficient (Wildman–Crippen LogP) is 2.21. The zero-order valence-electron chi connectivity index (χ0n) is 15.3. The van der Waals surface area contributed by atoms with Crippen molar-refractivity contribution in [1.82, 2.24) is 4.90 Å². The van der Waals surface area contributed by atoms with Crippen molar-refractivity contribution in [3.05, 3.63) is 29.8 Å². The van der Waals surface area contributed by atoms with Crippen LogP contribution in [-0.2, 0) is 0 Å². The maximum absolute atomic E-state index is 9.41. The molecule has 2 N–H and O–H groups in total. The quantitative estimate of drug-likeness (QED) is 0.840. The van der Waals surface area contributed by atoms with Crippen LogP contribution in [0, 0.1) is 0 Å². The van der Waals surface area contributed by atoms with E-state index in [4.69, 9.17) is 7.85 Å². The molecule has 1 atom stereocenters. The molecule has 2 radical (unpaired) electrons. The van der Waals surface area contributed by atoms with Crippen molar-refractivity contribution >= 4 is 13.3 Å². The number of piperidine rings is 1. The van der Waals surface area contributed by atoms with E-state index in [9.17, 15) is 10.2 Å². The van der Waals surface area contributed by atoms with Gasteiger partial charge >= 0.3 is 0 Å². The van der Waals surface area contributed by atoms with Gasteiger partial charge in [0.25, 0.3) is 0 Å². The lowest BCUT2D eigenvalue weighted by atomic mass is 9.86. The Morgan fingerprint density at radius 3 is 1.91 bits per heavy atom. The molecule has 2 rings (SSSR count). The van der Waals surface area contributed by atoms with Crippen LogP contribution < -0.4 is 5.46 Å². The number of nitrogens with zero attached hydrogens (tertiary/aromatic N) is 1. The highest BCUT2D eigenvalue weighted by atomic mass is 16.3. The molecule has 3 nitrogen and oxygen atoms in total. The summed E-state index contributed by atoms with van der Waals surface area (Å²) in [6, 6.07) is 8.36. The summed E-state index contributed by atoms with van der Waals surface area (Å²) < 4.78 is 0. The highest BCUT2D eigenvalue weighted by Crippen LogP contribution is 2.26. The van der Waals surface area contributed by atoms with Crippen LogP contribution in [0.4, 0.5) is 0 Å². The van der Waals surface area contributed by atoms with E-state index in [0.29, 0.717) is 6.42 Å². The molecular formula is C19H32BNO2. The highest BCUT2D eigenvalue weighted by Gasteiger charge is 2.35. The second-order valence-corrected chi connectivity index (χ2v) is 7.43. The summed E-state index contributed by atoms with van der Waals surface area (Å²) in [6.45, 7) is 9.13. The first-order valence-corrected chi connectivity index (χ1v) is 8.55. The first-order chi connectivity index (χ1) is 10.6. The lowest BCUT2D eigenvalue weighted by molar-refractivity contribution is -0.121. The second kappa shape index (κ2) is 8.32. The van der Waals surface area contributed by atoms with Crippen LogP contribution in [0.1, 0.15) is 58.4 Å². The molecule has 0 aliphatic carbocycles. The molecule has 0 aromatic heterocycles.